The predicted octanol–water partition coefficient (Wildman–Crippen LogP) is 1.65. The summed E-state index contributed by atoms with van der Waals surface area (Å²) in [6.45, 7) is 16.1. The van der Waals surface area contributed by atoms with E-state index in [1.54, 1.807) is 22.7 Å². The summed E-state index contributed by atoms with van der Waals surface area (Å²) >= 11 is 3.18. The van der Waals surface area contributed by atoms with Gasteiger partial charge in [0, 0.05) is 48.3 Å². The molecule has 0 aliphatic rings. The van der Waals surface area contributed by atoms with Crippen molar-refractivity contribution in [3.8, 4) is 0 Å². The van der Waals surface area contributed by atoms with Crippen LogP contribution >= 0.6 is 22.7 Å². The molecule has 46 heavy (non-hydrogen) atoms. The molecule has 4 rings (SSSR count). The minimum Gasteiger partial charge on any atom is -1.00 e. The van der Waals surface area contributed by atoms with Crippen LogP contribution in [0.5, 0.6) is 0 Å². The van der Waals surface area contributed by atoms with Gasteiger partial charge in [-0.15, -0.1) is 0 Å². The van der Waals surface area contributed by atoms with Crippen LogP contribution in [0.25, 0.3) is 0 Å². The SMILES string of the molecule is CCN(CCOCCOCCN(CC)c1ccc(N=Nc2scc[n+]2CC)cc1)c1ccc(N=Nc2scc[n+]2CC)cc1.[Br-].[Br-]. The van der Waals surface area contributed by atoms with Gasteiger partial charge in [-0.2, -0.15) is 0 Å². The Morgan fingerprint density at radius 2 is 0.957 bits per heavy atom. The second kappa shape index (κ2) is 22.0. The van der Waals surface area contributed by atoms with Gasteiger partial charge < -0.3 is 53.2 Å². The molecular weight excluding hydrogens is 752 g/mol. The number of thiazole rings is 2. The fraction of sp³-hybridized carbons (Fsp3) is 0.438. The lowest BCUT2D eigenvalue weighted by atomic mass is 10.2. The summed E-state index contributed by atoms with van der Waals surface area (Å²) in [4.78, 5) is 4.59. The van der Waals surface area contributed by atoms with Crippen LogP contribution in [-0.4, -0.2) is 52.6 Å². The third-order valence-corrected chi connectivity index (χ3v) is 8.65. The highest BCUT2D eigenvalue weighted by molar-refractivity contribution is 7.13. The van der Waals surface area contributed by atoms with Crippen molar-refractivity contribution in [2.75, 3.05) is 62.4 Å². The number of rotatable bonds is 19. The Morgan fingerprint density at radius 3 is 1.30 bits per heavy atom. The molecule has 2 aromatic heterocycles. The smallest absolute Gasteiger partial charge is 0.408 e. The molecule has 0 radical (unpaired) electrons. The molecule has 4 aromatic rings. The van der Waals surface area contributed by atoms with Gasteiger partial charge in [-0.1, -0.05) is 0 Å². The number of ether oxygens (including phenoxy) is 2. The molecule has 2 aromatic carbocycles. The molecule has 0 amide bonds. The summed E-state index contributed by atoms with van der Waals surface area (Å²) in [7, 11) is 0. The number of nitrogens with zero attached hydrogens (tertiary/aromatic N) is 8. The fourth-order valence-corrected chi connectivity index (χ4v) is 5.99. The molecule has 0 unspecified atom stereocenters. The first-order chi connectivity index (χ1) is 21.6. The number of benzene rings is 2. The van der Waals surface area contributed by atoms with E-state index in [2.05, 4.69) is 91.4 Å². The topological polar surface area (TPSA) is 82.1 Å². The van der Waals surface area contributed by atoms with Gasteiger partial charge in [0.25, 0.3) is 0 Å². The summed E-state index contributed by atoms with van der Waals surface area (Å²) in [5, 5.41) is 23.4. The first-order valence-electron chi connectivity index (χ1n) is 15.3. The third kappa shape index (κ3) is 12.2. The molecule has 0 atom stereocenters. The van der Waals surface area contributed by atoms with Crippen molar-refractivity contribution in [2.24, 2.45) is 20.5 Å². The zero-order valence-electron chi connectivity index (χ0n) is 27.0. The minimum atomic E-state index is 0. The highest BCUT2D eigenvalue weighted by atomic mass is 79.9. The first-order valence-corrected chi connectivity index (χ1v) is 17.0. The lowest BCUT2D eigenvalue weighted by molar-refractivity contribution is -0.677. The Bertz CT molecular complexity index is 1340. The number of hydrogen-bond donors (Lipinski definition) is 0. The molecule has 0 spiro atoms. The summed E-state index contributed by atoms with van der Waals surface area (Å²) in [5.74, 6) is 0. The van der Waals surface area contributed by atoms with Gasteiger partial charge in [0.2, 0.25) is 0 Å². The molecule has 0 saturated heterocycles. The summed E-state index contributed by atoms with van der Waals surface area (Å²) in [6.07, 6.45) is 4.06. The van der Waals surface area contributed by atoms with Crippen molar-refractivity contribution < 1.29 is 52.6 Å². The maximum absolute atomic E-state index is 5.87. The lowest BCUT2D eigenvalue weighted by Crippen LogP contribution is -3.00. The predicted molar refractivity (Wildman–Crippen MR) is 179 cm³/mol. The number of azo groups is 2. The molecule has 0 aliphatic heterocycles. The zero-order chi connectivity index (χ0) is 31.0. The number of halogens is 2. The average molecular weight is 797 g/mol. The van der Waals surface area contributed by atoms with Crippen LogP contribution < -0.4 is 52.9 Å². The highest BCUT2D eigenvalue weighted by Crippen LogP contribution is 2.24. The molecule has 2 heterocycles. The molecule has 0 fully saturated rings. The number of aromatic nitrogens is 2. The van der Waals surface area contributed by atoms with Gasteiger partial charge in [0.1, 0.15) is 23.8 Å². The summed E-state index contributed by atoms with van der Waals surface area (Å²) in [5.41, 5.74) is 3.98. The van der Waals surface area contributed by atoms with E-state index in [0.29, 0.717) is 26.4 Å². The Labute approximate surface area is 302 Å². The van der Waals surface area contributed by atoms with Crippen LogP contribution in [-0.2, 0) is 22.6 Å². The maximum Gasteiger partial charge on any atom is 0.408 e. The second-order valence-corrected chi connectivity index (χ2v) is 11.5. The summed E-state index contributed by atoms with van der Waals surface area (Å²) in [6, 6.07) is 16.4. The molecule has 0 N–H and O–H groups in total. The number of aryl methyl sites for hydroxylation is 2. The molecule has 0 aliphatic carbocycles. The van der Waals surface area contributed by atoms with E-state index in [9.17, 15) is 0 Å². The average Bonchev–Trinajstić information content (AvgIpc) is 3.73. The second-order valence-electron chi connectivity index (χ2n) is 9.76. The van der Waals surface area contributed by atoms with Crippen molar-refractivity contribution in [1.29, 1.82) is 0 Å². The molecule has 250 valence electrons. The van der Waals surface area contributed by atoms with Gasteiger partial charge >= 0.3 is 10.3 Å². The highest BCUT2D eigenvalue weighted by Gasteiger charge is 2.12. The van der Waals surface area contributed by atoms with Gasteiger partial charge in [0.05, 0.1) is 49.7 Å². The third-order valence-electron chi connectivity index (χ3n) is 7.08. The monoisotopic (exact) mass is 794 g/mol. The van der Waals surface area contributed by atoms with Crippen molar-refractivity contribution in [3.63, 3.8) is 0 Å². The molecular formula is C32H44Br2N8O2S2. The van der Waals surface area contributed by atoms with Crippen LogP contribution in [0, 0.1) is 0 Å². The van der Waals surface area contributed by atoms with Gasteiger partial charge in [-0.05, 0) is 109 Å². The molecule has 14 heteroatoms. The molecule has 0 bridgehead atoms. The van der Waals surface area contributed by atoms with Crippen LogP contribution in [0.4, 0.5) is 33.0 Å². The van der Waals surface area contributed by atoms with E-state index >= 15 is 0 Å². The molecule has 10 nitrogen and oxygen atoms in total. The Kier molecular flexibility index (Phi) is 19.0. The van der Waals surface area contributed by atoms with Gasteiger partial charge in [-0.3, -0.25) is 0 Å². The molecule has 0 saturated carbocycles. The van der Waals surface area contributed by atoms with E-state index in [4.69, 9.17) is 9.47 Å². The van der Waals surface area contributed by atoms with Crippen LogP contribution in [0.2, 0.25) is 0 Å². The van der Waals surface area contributed by atoms with Gasteiger partial charge in [0.15, 0.2) is 0 Å². The van der Waals surface area contributed by atoms with Crippen molar-refractivity contribution in [2.45, 2.75) is 40.8 Å². The standard InChI is InChI=1S/C32H44N8O2S2.2BrH/c1-5-37(29-13-9-27(10-14-29)33-35-31-39(7-3)19-25-43-31)17-21-41-23-24-42-22-18-38(6-2)30-15-11-28(12-16-30)34-36-32-40(8-4)20-26-44-32;;/h9-16,19-20,25-26H,5-8,17-18,21-24H2,1-4H3;2*1H/q+2;;/p-2. The largest absolute Gasteiger partial charge is 1.00 e. The van der Waals surface area contributed by atoms with Crippen LogP contribution in [0.1, 0.15) is 27.7 Å². The lowest BCUT2D eigenvalue weighted by Gasteiger charge is -2.23. The van der Waals surface area contributed by atoms with Crippen molar-refractivity contribution >= 4 is 55.7 Å². The number of anilines is 2. The minimum absolute atomic E-state index is 0. The number of hydrogen-bond acceptors (Lipinski definition) is 10. The van der Waals surface area contributed by atoms with Gasteiger partial charge in [-0.25, -0.2) is 9.13 Å². The first kappa shape index (κ1) is 39.6. The number of likely N-dealkylation sites (N-methyl/N-ethyl adjacent to an activating group) is 2. The van der Waals surface area contributed by atoms with E-state index in [-0.39, 0.29) is 34.0 Å². The quantitative estimate of drug-likeness (QED) is 0.0823. The van der Waals surface area contributed by atoms with E-state index < -0.39 is 0 Å². The Hall–Kier alpha value is -2.62. The Morgan fingerprint density at radius 1 is 0.565 bits per heavy atom. The van der Waals surface area contributed by atoms with E-state index in [1.165, 1.54) is 0 Å². The maximum atomic E-state index is 5.87. The normalized spacial score (nSPS) is 11.1. The van der Waals surface area contributed by atoms with E-state index in [1.807, 2.05) is 47.4 Å². The van der Waals surface area contributed by atoms with E-state index in [0.717, 1.165) is 72.3 Å². The summed E-state index contributed by atoms with van der Waals surface area (Å²) < 4.78 is 15.9. The fourth-order valence-electron chi connectivity index (χ4n) is 4.51. The van der Waals surface area contributed by atoms with Crippen molar-refractivity contribution in [3.05, 3.63) is 71.7 Å². The van der Waals surface area contributed by atoms with Crippen molar-refractivity contribution in [1.82, 2.24) is 0 Å². The van der Waals surface area contributed by atoms with Crippen LogP contribution in [0.15, 0.2) is 92.1 Å². The Balaban J connectivity index is 0.00000368. The van der Waals surface area contributed by atoms with Crippen LogP contribution in [0.3, 0.4) is 0 Å². The zero-order valence-corrected chi connectivity index (χ0v) is 31.8.